The van der Waals surface area contributed by atoms with Crippen molar-refractivity contribution in [2.24, 2.45) is 0 Å². The Morgan fingerprint density at radius 2 is 0.949 bits per heavy atom. The van der Waals surface area contributed by atoms with Gasteiger partial charge in [-0.3, -0.25) is 0 Å². The lowest BCUT2D eigenvalue weighted by Crippen LogP contribution is -1.91. The van der Waals surface area contributed by atoms with E-state index in [2.05, 4.69) is 127 Å². The molecule has 0 atom stereocenters. The van der Waals surface area contributed by atoms with Crippen molar-refractivity contribution in [1.29, 1.82) is 0 Å². The first-order valence-corrected chi connectivity index (χ1v) is 13.4. The Morgan fingerprint density at radius 3 is 1.67 bits per heavy atom. The van der Waals surface area contributed by atoms with Crippen LogP contribution in [-0.2, 0) is 0 Å². The average molecular weight is 497 g/mol. The molecule has 0 aliphatic carbocycles. The number of furan rings is 1. The maximum Gasteiger partial charge on any atom is 0.135 e. The van der Waals surface area contributed by atoms with E-state index in [-0.39, 0.29) is 0 Å². The Morgan fingerprint density at radius 1 is 0.359 bits per heavy atom. The molecule has 0 radical (unpaired) electrons. The molecule has 0 bridgehead atoms. The topological polar surface area (TPSA) is 13.1 Å². The normalized spacial score (nSPS) is 11.6. The second kappa shape index (κ2) is 8.72. The molecule has 0 unspecified atom stereocenters. The number of rotatable bonds is 3. The second-order valence-electron chi connectivity index (χ2n) is 10.1. The predicted molar refractivity (Wildman–Crippen MR) is 165 cm³/mol. The van der Waals surface area contributed by atoms with Crippen LogP contribution in [0.3, 0.4) is 0 Å². The molecule has 8 rings (SSSR count). The highest BCUT2D eigenvalue weighted by atomic mass is 16.3. The maximum atomic E-state index is 6.24. The van der Waals surface area contributed by atoms with Crippen LogP contribution in [0.4, 0.5) is 0 Å². The highest BCUT2D eigenvalue weighted by Gasteiger charge is 2.18. The van der Waals surface area contributed by atoms with Crippen molar-refractivity contribution in [2.75, 3.05) is 0 Å². The highest BCUT2D eigenvalue weighted by molar-refractivity contribution is 6.23. The number of hydrogen-bond acceptors (Lipinski definition) is 1. The lowest BCUT2D eigenvalue weighted by Gasteiger charge is -2.18. The first-order valence-electron chi connectivity index (χ1n) is 13.4. The Hall–Kier alpha value is -5.14. The summed E-state index contributed by atoms with van der Waals surface area (Å²) in [4.78, 5) is 0. The van der Waals surface area contributed by atoms with Gasteiger partial charge in [0.1, 0.15) is 11.3 Å². The largest absolute Gasteiger partial charge is 0.456 e. The van der Waals surface area contributed by atoms with Gasteiger partial charge in [-0.15, -0.1) is 0 Å². The van der Waals surface area contributed by atoms with E-state index in [4.69, 9.17) is 4.42 Å². The fourth-order valence-electron chi connectivity index (χ4n) is 6.12. The molecular formula is C38H24O. The molecule has 0 fully saturated rings. The van der Waals surface area contributed by atoms with Crippen molar-refractivity contribution in [3.8, 4) is 33.6 Å². The van der Waals surface area contributed by atoms with Gasteiger partial charge in [0.25, 0.3) is 0 Å². The summed E-state index contributed by atoms with van der Waals surface area (Å²) < 4.78 is 6.24. The van der Waals surface area contributed by atoms with Gasteiger partial charge in [-0.2, -0.15) is 0 Å². The smallest absolute Gasteiger partial charge is 0.135 e. The summed E-state index contributed by atoms with van der Waals surface area (Å²) in [6, 6.07) is 52.0. The van der Waals surface area contributed by atoms with Gasteiger partial charge in [-0.05, 0) is 72.8 Å². The van der Waals surface area contributed by atoms with E-state index in [0.717, 1.165) is 22.3 Å². The minimum absolute atomic E-state index is 0.892. The molecule has 0 N–H and O–H groups in total. The fourth-order valence-corrected chi connectivity index (χ4v) is 6.12. The molecular weight excluding hydrogens is 472 g/mol. The lowest BCUT2D eigenvalue weighted by atomic mass is 9.84. The van der Waals surface area contributed by atoms with E-state index in [0.29, 0.717) is 0 Å². The lowest BCUT2D eigenvalue weighted by molar-refractivity contribution is 0.631. The Labute approximate surface area is 226 Å². The molecule has 39 heavy (non-hydrogen) atoms. The van der Waals surface area contributed by atoms with Gasteiger partial charge in [0, 0.05) is 10.9 Å². The van der Waals surface area contributed by atoms with Crippen molar-refractivity contribution in [1.82, 2.24) is 0 Å². The van der Waals surface area contributed by atoms with E-state index >= 15 is 0 Å². The van der Waals surface area contributed by atoms with Crippen LogP contribution >= 0.6 is 0 Å². The van der Waals surface area contributed by atoms with Crippen molar-refractivity contribution in [3.05, 3.63) is 146 Å². The fraction of sp³-hybridized carbons (Fsp3) is 0. The van der Waals surface area contributed by atoms with Crippen molar-refractivity contribution in [3.63, 3.8) is 0 Å². The zero-order valence-corrected chi connectivity index (χ0v) is 21.3. The van der Waals surface area contributed by atoms with Crippen LogP contribution in [0.25, 0.3) is 76.9 Å². The van der Waals surface area contributed by atoms with Gasteiger partial charge >= 0.3 is 0 Å². The van der Waals surface area contributed by atoms with Gasteiger partial charge < -0.3 is 4.42 Å². The Bertz CT molecular complexity index is 2100. The monoisotopic (exact) mass is 496 g/mol. The van der Waals surface area contributed by atoms with Crippen LogP contribution in [0.2, 0.25) is 0 Å². The van der Waals surface area contributed by atoms with E-state index in [1.165, 1.54) is 54.6 Å². The molecule has 1 heterocycles. The van der Waals surface area contributed by atoms with Crippen LogP contribution < -0.4 is 0 Å². The average Bonchev–Trinajstić information content (AvgIpc) is 3.44. The SMILES string of the molecule is c1ccc(-c2cc3cc(-c4c5ccccc5c(-c5cccc6ccccc56)c5ccccc45)ccc3o2)cc1. The third-order valence-electron chi connectivity index (χ3n) is 7.85. The molecule has 0 saturated heterocycles. The van der Waals surface area contributed by atoms with Crippen LogP contribution in [0, 0.1) is 0 Å². The molecule has 0 amide bonds. The summed E-state index contributed by atoms with van der Waals surface area (Å²) in [5.41, 5.74) is 7.00. The zero-order valence-electron chi connectivity index (χ0n) is 21.3. The third kappa shape index (κ3) is 3.48. The molecule has 0 aliphatic heterocycles. The molecule has 1 heteroatoms. The Balaban J connectivity index is 1.43. The molecule has 0 spiro atoms. The molecule has 1 aromatic heterocycles. The van der Waals surface area contributed by atoms with Gasteiger partial charge in [-0.25, -0.2) is 0 Å². The predicted octanol–water partition coefficient (Wildman–Crippen LogP) is 10.9. The van der Waals surface area contributed by atoms with Gasteiger partial charge in [-0.1, -0.05) is 127 Å². The maximum absolute atomic E-state index is 6.24. The molecule has 8 aromatic rings. The highest BCUT2D eigenvalue weighted by Crippen LogP contribution is 2.45. The summed E-state index contributed by atoms with van der Waals surface area (Å²) in [5.74, 6) is 0.892. The molecule has 7 aromatic carbocycles. The van der Waals surface area contributed by atoms with Gasteiger partial charge in [0.2, 0.25) is 0 Å². The second-order valence-corrected chi connectivity index (χ2v) is 10.1. The van der Waals surface area contributed by atoms with E-state index in [1.807, 2.05) is 18.2 Å². The first kappa shape index (κ1) is 21.9. The van der Waals surface area contributed by atoms with Gasteiger partial charge in [0.15, 0.2) is 0 Å². The van der Waals surface area contributed by atoms with Gasteiger partial charge in [0.05, 0.1) is 0 Å². The molecule has 182 valence electrons. The summed E-state index contributed by atoms with van der Waals surface area (Å²) in [6.07, 6.45) is 0. The van der Waals surface area contributed by atoms with Crippen LogP contribution in [0.1, 0.15) is 0 Å². The summed E-state index contributed by atoms with van der Waals surface area (Å²) in [7, 11) is 0. The van der Waals surface area contributed by atoms with Crippen molar-refractivity contribution < 1.29 is 4.42 Å². The summed E-state index contributed by atoms with van der Waals surface area (Å²) >= 11 is 0. The van der Waals surface area contributed by atoms with E-state index in [9.17, 15) is 0 Å². The van der Waals surface area contributed by atoms with E-state index < -0.39 is 0 Å². The third-order valence-corrected chi connectivity index (χ3v) is 7.85. The minimum atomic E-state index is 0.892. The number of fused-ring (bicyclic) bond motifs is 4. The first-order chi connectivity index (χ1) is 19.3. The minimum Gasteiger partial charge on any atom is -0.456 e. The molecule has 0 saturated carbocycles. The Kier molecular flexibility index (Phi) is 4.89. The van der Waals surface area contributed by atoms with Crippen molar-refractivity contribution in [2.45, 2.75) is 0 Å². The molecule has 1 nitrogen and oxygen atoms in total. The summed E-state index contributed by atoms with van der Waals surface area (Å²) in [5, 5.41) is 8.68. The van der Waals surface area contributed by atoms with Crippen LogP contribution in [-0.4, -0.2) is 0 Å². The number of benzene rings is 7. The number of hydrogen-bond donors (Lipinski definition) is 0. The van der Waals surface area contributed by atoms with Crippen molar-refractivity contribution >= 4 is 43.3 Å². The van der Waals surface area contributed by atoms with Crippen LogP contribution in [0.15, 0.2) is 150 Å². The summed E-state index contributed by atoms with van der Waals surface area (Å²) in [6.45, 7) is 0. The van der Waals surface area contributed by atoms with Crippen LogP contribution in [0.5, 0.6) is 0 Å². The molecule has 0 aliphatic rings. The standard InChI is InChI=1S/C38H24O/c1-2-12-26(13-3-1)36-24-28-23-27(21-22-35(28)39-36)37-31-16-6-8-18-33(31)38(34-19-9-7-17-32(34)37)30-20-10-14-25-11-4-5-15-29(25)30/h1-24H. The van der Waals surface area contributed by atoms with E-state index in [1.54, 1.807) is 0 Å². The quantitative estimate of drug-likeness (QED) is 0.222. The zero-order chi connectivity index (χ0) is 25.8.